The average molecular weight is 308 g/mol. The van der Waals surface area contributed by atoms with Gasteiger partial charge in [0.15, 0.2) is 5.60 Å². The molecule has 112 valence electrons. The number of carbonyl (C=O) groups is 2. The van der Waals surface area contributed by atoms with Crippen LogP contribution in [0.25, 0.3) is 0 Å². The summed E-state index contributed by atoms with van der Waals surface area (Å²) in [7, 11) is 0. The Balaban J connectivity index is 1.93. The number of carbonyl (C=O) groups excluding carboxylic acids is 2. The molecular weight excluding hydrogens is 290 g/mol. The molecule has 0 radical (unpaired) electrons. The SMILES string of the molecule is CC1(C)[C@]2(C)CC[C@]1(C(=O)Nc1cccc(Cl)c1)OC2=O. The first-order valence-electron chi connectivity index (χ1n) is 7.03. The van der Waals surface area contributed by atoms with E-state index in [9.17, 15) is 9.59 Å². The van der Waals surface area contributed by atoms with Gasteiger partial charge < -0.3 is 10.1 Å². The molecule has 0 aromatic heterocycles. The summed E-state index contributed by atoms with van der Waals surface area (Å²) >= 11 is 5.93. The van der Waals surface area contributed by atoms with Crippen LogP contribution in [0.2, 0.25) is 5.02 Å². The van der Waals surface area contributed by atoms with E-state index in [0.29, 0.717) is 23.6 Å². The largest absolute Gasteiger partial charge is 0.448 e. The monoisotopic (exact) mass is 307 g/mol. The number of rotatable bonds is 2. The second-order valence-corrected chi connectivity index (χ2v) is 7.07. The van der Waals surface area contributed by atoms with Crippen LogP contribution in [-0.4, -0.2) is 17.5 Å². The molecule has 0 unspecified atom stereocenters. The number of amides is 1. The second kappa shape index (κ2) is 4.23. The molecule has 4 nitrogen and oxygen atoms in total. The quantitative estimate of drug-likeness (QED) is 0.852. The highest BCUT2D eigenvalue weighted by molar-refractivity contribution is 6.30. The fourth-order valence-corrected chi connectivity index (χ4v) is 3.74. The summed E-state index contributed by atoms with van der Waals surface area (Å²) < 4.78 is 5.55. The van der Waals surface area contributed by atoms with Gasteiger partial charge in [-0.05, 0) is 38.0 Å². The molecule has 2 bridgehead atoms. The number of ether oxygens (including phenoxy) is 1. The third kappa shape index (κ3) is 1.68. The van der Waals surface area contributed by atoms with Crippen molar-refractivity contribution in [2.45, 2.75) is 39.2 Å². The number of hydrogen-bond acceptors (Lipinski definition) is 3. The number of nitrogens with one attached hydrogen (secondary N) is 1. The number of fused-ring (bicyclic) bond motifs is 2. The zero-order valence-corrected chi connectivity index (χ0v) is 13.1. The van der Waals surface area contributed by atoms with Crippen molar-refractivity contribution in [3.05, 3.63) is 29.3 Å². The summed E-state index contributed by atoms with van der Waals surface area (Å²) in [6.45, 7) is 5.75. The predicted octanol–water partition coefficient (Wildman–Crippen LogP) is 3.40. The molecule has 1 N–H and O–H groups in total. The van der Waals surface area contributed by atoms with Gasteiger partial charge in [-0.3, -0.25) is 9.59 Å². The fraction of sp³-hybridized carbons (Fsp3) is 0.500. The summed E-state index contributed by atoms with van der Waals surface area (Å²) in [6.07, 6.45) is 1.22. The van der Waals surface area contributed by atoms with Crippen LogP contribution >= 0.6 is 11.6 Å². The third-order valence-corrected chi connectivity index (χ3v) is 5.77. The van der Waals surface area contributed by atoms with E-state index in [1.54, 1.807) is 24.3 Å². The lowest BCUT2D eigenvalue weighted by Crippen LogP contribution is -2.50. The molecule has 1 saturated heterocycles. The van der Waals surface area contributed by atoms with Gasteiger partial charge in [0.25, 0.3) is 5.91 Å². The molecule has 1 heterocycles. The van der Waals surface area contributed by atoms with Crippen LogP contribution in [0, 0.1) is 10.8 Å². The lowest BCUT2D eigenvalue weighted by molar-refractivity contribution is -0.165. The van der Waals surface area contributed by atoms with E-state index < -0.39 is 16.4 Å². The molecule has 2 fully saturated rings. The van der Waals surface area contributed by atoms with E-state index in [-0.39, 0.29) is 11.9 Å². The summed E-state index contributed by atoms with van der Waals surface area (Å²) in [5.41, 5.74) is -1.63. The zero-order valence-electron chi connectivity index (χ0n) is 12.3. The molecule has 1 aliphatic heterocycles. The van der Waals surface area contributed by atoms with Crippen LogP contribution in [0.3, 0.4) is 0 Å². The van der Waals surface area contributed by atoms with E-state index in [0.717, 1.165) is 0 Å². The maximum Gasteiger partial charge on any atom is 0.313 e. The fourth-order valence-electron chi connectivity index (χ4n) is 3.55. The zero-order chi connectivity index (χ0) is 15.5. The molecule has 2 aliphatic rings. The first-order valence-corrected chi connectivity index (χ1v) is 7.41. The molecule has 1 saturated carbocycles. The molecule has 1 aromatic carbocycles. The van der Waals surface area contributed by atoms with E-state index in [4.69, 9.17) is 16.3 Å². The number of esters is 1. The van der Waals surface area contributed by atoms with Crippen LogP contribution < -0.4 is 5.32 Å². The molecule has 0 spiro atoms. The molecule has 3 rings (SSSR count). The highest BCUT2D eigenvalue weighted by Crippen LogP contribution is 2.65. The normalized spacial score (nSPS) is 32.9. The van der Waals surface area contributed by atoms with Gasteiger partial charge in [-0.1, -0.05) is 31.5 Å². The first-order chi connectivity index (χ1) is 9.73. The Morgan fingerprint density at radius 2 is 2.00 bits per heavy atom. The molecule has 2 atom stereocenters. The van der Waals surface area contributed by atoms with Gasteiger partial charge in [-0.2, -0.15) is 0 Å². The van der Waals surface area contributed by atoms with Gasteiger partial charge >= 0.3 is 5.97 Å². The molecule has 1 aromatic rings. The van der Waals surface area contributed by atoms with Crippen molar-refractivity contribution in [2.75, 3.05) is 5.32 Å². The lowest BCUT2D eigenvalue weighted by Gasteiger charge is -2.35. The predicted molar refractivity (Wildman–Crippen MR) is 80.0 cm³/mol. The van der Waals surface area contributed by atoms with Crippen LogP contribution in [0.15, 0.2) is 24.3 Å². The van der Waals surface area contributed by atoms with E-state index in [1.165, 1.54) is 0 Å². The van der Waals surface area contributed by atoms with Gasteiger partial charge in [-0.15, -0.1) is 0 Å². The lowest BCUT2D eigenvalue weighted by atomic mass is 9.66. The standard InChI is InChI=1S/C16H18ClNO3/c1-14(2)15(3)7-8-16(14,21-13(15)20)12(19)18-11-6-4-5-10(17)9-11/h4-6,9H,7-8H2,1-3H3,(H,18,19)/t15-,16-/m1/s1. The van der Waals surface area contributed by atoms with Gasteiger partial charge in [0, 0.05) is 16.1 Å². The topological polar surface area (TPSA) is 55.4 Å². The Kier molecular flexibility index (Phi) is 2.90. The Bertz CT molecular complexity index is 642. The van der Waals surface area contributed by atoms with Gasteiger partial charge in [0.05, 0.1) is 5.41 Å². The van der Waals surface area contributed by atoms with Crippen LogP contribution in [0.5, 0.6) is 0 Å². The Labute approximate surface area is 128 Å². The summed E-state index contributed by atoms with van der Waals surface area (Å²) in [5, 5.41) is 3.38. The molecule has 1 amide bonds. The minimum Gasteiger partial charge on any atom is -0.448 e. The minimum atomic E-state index is -1.10. The Morgan fingerprint density at radius 1 is 1.29 bits per heavy atom. The van der Waals surface area contributed by atoms with Crippen molar-refractivity contribution in [1.82, 2.24) is 0 Å². The van der Waals surface area contributed by atoms with E-state index in [1.807, 2.05) is 20.8 Å². The number of anilines is 1. The first kappa shape index (κ1) is 14.4. The van der Waals surface area contributed by atoms with E-state index in [2.05, 4.69) is 5.32 Å². The van der Waals surface area contributed by atoms with Crippen LogP contribution in [0.4, 0.5) is 5.69 Å². The number of hydrogen-bond donors (Lipinski definition) is 1. The summed E-state index contributed by atoms with van der Waals surface area (Å²) in [6, 6.07) is 6.94. The number of benzene rings is 1. The van der Waals surface area contributed by atoms with Gasteiger partial charge in [0.2, 0.25) is 0 Å². The third-order valence-electron chi connectivity index (χ3n) is 5.53. The van der Waals surface area contributed by atoms with Crippen LogP contribution in [0.1, 0.15) is 33.6 Å². The summed E-state index contributed by atoms with van der Waals surface area (Å²) in [5.74, 6) is -0.552. The summed E-state index contributed by atoms with van der Waals surface area (Å²) in [4.78, 5) is 24.9. The molecular formula is C16H18ClNO3. The van der Waals surface area contributed by atoms with Crippen molar-refractivity contribution < 1.29 is 14.3 Å². The molecule has 5 heteroatoms. The molecule has 1 aliphatic carbocycles. The van der Waals surface area contributed by atoms with Gasteiger partial charge in [0.1, 0.15) is 0 Å². The average Bonchev–Trinajstić information content (AvgIpc) is 2.69. The van der Waals surface area contributed by atoms with Crippen molar-refractivity contribution in [1.29, 1.82) is 0 Å². The highest BCUT2D eigenvalue weighted by atomic mass is 35.5. The maximum absolute atomic E-state index is 12.8. The number of halogens is 1. The van der Waals surface area contributed by atoms with Crippen molar-refractivity contribution in [3.63, 3.8) is 0 Å². The second-order valence-electron chi connectivity index (χ2n) is 6.64. The van der Waals surface area contributed by atoms with Crippen LogP contribution in [-0.2, 0) is 14.3 Å². The van der Waals surface area contributed by atoms with Gasteiger partial charge in [-0.25, -0.2) is 0 Å². The van der Waals surface area contributed by atoms with Crippen molar-refractivity contribution >= 4 is 29.2 Å². The smallest absolute Gasteiger partial charge is 0.313 e. The molecule has 21 heavy (non-hydrogen) atoms. The van der Waals surface area contributed by atoms with E-state index >= 15 is 0 Å². The maximum atomic E-state index is 12.8. The Hall–Kier alpha value is -1.55. The highest BCUT2D eigenvalue weighted by Gasteiger charge is 2.75. The van der Waals surface area contributed by atoms with Crippen molar-refractivity contribution in [2.24, 2.45) is 10.8 Å². The van der Waals surface area contributed by atoms with Crippen molar-refractivity contribution in [3.8, 4) is 0 Å². The minimum absolute atomic E-state index is 0.274. The Morgan fingerprint density at radius 3 is 2.52 bits per heavy atom.